The van der Waals surface area contributed by atoms with E-state index in [0.29, 0.717) is 24.1 Å². The van der Waals surface area contributed by atoms with Gasteiger partial charge >= 0.3 is 5.69 Å². The molecular formula is C25H25N3O5. The average Bonchev–Trinajstić information content (AvgIpc) is 3.22. The molecular weight excluding hydrogens is 422 g/mol. The number of methoxy groups -OCH3 is 2. The second-order valence-corrected chi connectivity index (χ2v) is 8.07. The molecule has 0 spiro atoms. The van der Waals surface area contributed by atoms with E-state index in [9.17, 15) is 9.59 Å². The maximum atomic E-state index is 13.4. The molecule has 5 rings (SSSR count). The molecule has 0 saturated carbocycles. The summed E-state index contributed by atoms with van der Waals surface area (Å²) in [7, 11) is 6.45. The summed E-state index contributed by atoms with van der Waals surface area (Å²) >= 11 is 0. The van der Waals surface area contributed by atoms with Gasteiger partial charge in [-0.1, -0.05) is 12.1 Å². The van der Waals surface area contributed by atoms with Gasteiger partial charge in [-0.3, -0.25) is 13.9 Å². The molecule has 33 heavy (non-hydrogen) atoms. The number of ether oxygens (including phenoxy) is 3. The first kappa shape index (κ1) is 21.1. The third-order valence-corrected chi connectivity index (χ3v) is 6.33. The molecule has 170 valence electrons. The Morgan fingerprint density at radius 3 is 2.09 bits per heavy atom. The summed E-state index contributed by atoms with van der Waals surface area (Å²) in [4.78, 5) is 26.3. The summed E-state index contributed by atoms with van der Waals surface area (Å²) in [6.45, 7) is 1.04. The van der Waals surface area contributed by atoms with Crippen LogP contribution >= 0.6 is 0 Å². The quantitative estimate of drug-likeness (QED) is 0.481. The zero-order valence-corrected chi connectivity index (χ0v) is 19.0. The normalized spacial score (nSPS) is 15.5. The van der Waals surface area contributed by atoms with Crippen LogP contribution in [0, 0.1) is 0 Å². The molecule has 2 aromatic carbocycles. The first-order valence-corrected chi connectivity index (χ1v) is 10.7. The second kappa shape index (κ2) is 7.97. The van der Waals surface area contributed by atoms with Gasteiger partial charge in [-0.15, -0.1) is 0 Å². The standard InChI is InChI=1S/C25H25N3O5/c1-26-21-19(24(29)27(2)25(26)30)20(15-5-9-17(31-3)10-6-15)28-13-14-33-23(22(21)28)16-7-11-18(32-4)12-8-16/h5-12,23H,13-14H2,1-4H3/t23-/m0/s1. The lowest BCUT2D eigenvalue weighted by atomic mass is 10.0. The molecule has 0 saturated heterocycles. The molecule has 0 amide bonds. The van der Waals surface area contributed by atoms with Gasteiger partial charge in [0, 0.05) is 20.6 Å². The maximum absolute atomic E-state index is 13.4. The maximum Gasteiger partial charge on any atom is 0.331 e. The minimum absolute atomic E-state index is 0.325. The van der Waals surface area contributed by atoms with E-state index in [4.69, 9.17) is 14.2 Å². The fourth-order valence-corrected chi connectivity index (χ4v) is 4.66. The highest BCUT2D eigenvalue weighted by atomic mass is 16.5. The Labute approximate surface area is 190 Å². The SMILES string of the molecule is COc1ccc(-c2c3c(=O)n(C)c(=O)n(C)c3c3n2CCO[C@H]3c2ccc(OC)cc2)cc1. The van der Waals surface area contributed by atoms with Crippen molar-refractivity contribution in [3.63, 3.8) is 0 Å². The molecule has 8 nitrogen and oxygen atoms in total. The highest BCUT2D eigenvalue weighted by Crippen LogP contribution is 2.41. The van der Waals surface area contributed by atoms with Crippen LogP contribution in [0.3, 0.4) is 0 Å². The van der Waals surface area contributed by atoms with Gasteiger partial charge in [0.1, 0.15) is 17.6 Å². The number of hydrogen-bond acceptors (Lipinski definition) is 5. The summed E-state index contributed by atoms with van der Waals surface area (Å²) < 4.78 is 21.6. The van der Waals surface area contributed by atoms with E-state index in [2.05, 4.69) is 4.57 Å². The monoisotopic (exact) mass is 447 g/mol. The molecule has 0 unspecified atom stereocenters. The largest absolute Gasteiger partial charge is 0.497 e. The van der Waals surface area contributed by atoms with Crippen molar-refractivity contribution in [2.24, 2.45) is 14.1 Å². The zero-order chi connectivity index (χ0) is 23.3. The molecule has 1 atom stereocenters. The Hall–Kier alpha value is -3.78. The van der Waals surface area contributed by atoms with E-state index in [0.717, 1.165) is 38.6 Å². The fourth-order valence-electron chi connectivity index (χ4n) is 4.66. The Morgan fingerprint density at radius 1 is 0.879 bits per heavy atom. The number of benzene rings is 2. The number of aryl methyl sites for hydroxylation is 1. The lowest BCUT2D eigenvalue weighted by Crippen LogP contribution is -2.37. The minimum Gasteiger partial charge on any atom is -0.497 e. The third-order valence-electron chi connectivity index (χ3n) is 6.33. The molecule has 0 N–H and O–H groups in total. The van der Waals surface area contributed by atoms with Gasteiger partial charge in [-0.25, -0.2) is 4.79 Å². The van der Waals surface area contributed by atoms with Gasteiger partial charge in [-0.2, -0.15) is 0 Å². The fraction of sp³-hybridized carbons (Fsp3) is 0.280. The van der Waals surface area contributed by atoms with Crippen molar-refractivity contribution < 1.29 is 14.2 Å². The van der Waals surface area contributed by atoms with Crippen molar-refractivity contribution in [1.29, 1.82) is 0 Å². The third kappa shape index (κ3) is 3.17. The summed E-state index contributed by atoms with van der Waals surface area (Å²) in [5.41, 5.74) is 3.26. The van der Waals surface area contributed by atoms with E-state index in [1.165, 1.54) is 7.05 Å². The van der Waals surface area contributed by atoms with Gasteiger partial charge in [0.2, 0.25) is 0 Å². The molecule has 4 aromatic rings. The van der Waals surface area contributed by atoms with Crippen LogP contribution in [0.4, 0.5) is 0 Å². The van der Waals surface area contributed by atoms with E-state index in [-0.39, 0.29) is 11.2 Å². The van der Waals surface area contributed by atoms with Gasteiger partial charge in [0.25, 0.3) is 5.56 Å². The first-order valence-electron chi connectivity index (χ1n) is 10.7. The van der Waals surface area contributed by atoms with Crippen LogP contribution < -0.4 is 20.7 Å². The zero-order valence-electron chi connectivity index (χ0n) is 19.0. The van der Waals surface area contributed by atoms with Crippen LogP contribution in [0.1, 0.15) is 17.4 Å². The molecule has 0 radical (unpaired) electrons. The summed E-state index contributed by atoms with van der Waals surface area (Å²) in [6.07, 6.45) is -0.433. The molecule has 1 aliphatic rings. The molecule has 8 heteroatoms. The van der Waals surface area contributed by atoms with Gasteiger partial charge in [0.05, 0.1) is 43.1 Å². The van der Waals surface area contributed by atoms with Crippen LogP contribution in [0.5, 0.6) is 11.5 Å². The Bertz CT molecular complexity index is 1460. The van der Waals surface area contributed by atoms with Crippen molar-refractivity contribution in [2.75, 3.05) is 20.8 Å². The first-order chi connectivity index (χ1) is 16.0. The van der Waals surface area contributed by atoms with E-state index in [1.54, 1.807) is 25.8 Å². The van der Waals surface area contributed by atoms with Crippen molar-refractivity contribution in [3.05, 3.63) is 80.6 Å². The summed E-state index contributed by atoms with van der Waals surface area (Å²) in [5, 5.41) is 0.503. The Balaban J connectivity index is 1.87. The van der Waals surface area contributed by atoms with Crippen LogP contribution in [0.2, 0.25) is 0 Å². The van der Waals surface area contributed by atoms with E-state index >= 15 is 0 Å². The number of nitrogens with zero attached hydrogens (tertiary/aromatic N) is 3. The molecule has 2 aromatic heterocycles. The summed E-state index contributed by atoms with van der Waals surface area (Å²) in [6, 6.07) is 15.3. The van der Waals surface area contributed by atoms with Crippen molar-refractivity contribution in [2.45, 2.75) is 12.6 Å². The highest BCUT2D eigenvalue weighted by Gasteiger charge is 2.33. The minimum atomic E-state index is -0.433. The second-order valence-electron chi connectivity index (χ2n) is 8.07. The predicted octanol–water partition coefficient (Wildman–Crippen LogP) is 2.84. The number of hydrogen-bond donors (Lipinski definition) is 0. The predicted molar refractivity (Wildman–Crippen MR) is 125 cm³/mol. The van der Waals surface area contributed by atoms with Crippen LogP contribution in [-0.4, -0.2) is 34.5 Å². The molecule has 0 fully saturated rings. The average molecular weight is 447 g/mol. The number of rotatable bonds is 4. The molecule has 3 heterocycles. The van der Waals surface area contributed by atoms with E-state index in [1.807, 2.05) is 48.5 Å². The number of fused-ring (bicyclic) bond motifs is 3. The van der Waals surface area contributed by atoms with Crippen LogP contribution in [0.25, 0.3) is 22.2 Å². The lowest BCUT2D eigenvalue weighted by molar-refractivity contribution is 0.0478. The van der Waals surface area contributed by atoms with Gasteiger partial charge in [0.15, 0.2) is 0 Å². The topological polar surface area (TPSA) is 76.6 Å². The van der Waals surface area contributed by atoms with E-state index < -0.39 is 6.10 Å². The smallest absolute Gasteiger partial charge is 0.331 e. The highest BCUT2D eigenvalue weighted by molar-refractivity contribution is 5.96. The molecule has 0 aliphatic carbocycles. The van der Waals surface area contributed by atoms with Gasteiger partial charge < -0.3 is 18.8 Å². The van der Waals surface area contributed by atoms with Crippen LogP contribution in [-0.2, 0) is 25.4 Å². The van der Waals surface area contributed by atoms with Crippen LogP contribution in [0.15, 0.2) is 58.1 Å². The summed E-state index contributed by atoms with van der Waals surface area (Å²) in [5.74, 6) is 1.48. The molecule has 0 bridgehead atoms. The lowest BCUT2D eigenvalue weighted by Gasteiger charge is -2.28. The Morgan fingerprint density at radius 2 is 1.48 bits per heavy atom. The van der Waals surface area contributed by atoms with Crippen molar-refractivity contribution in [3.8, 4) is 22.8 Å². The van der Waals surface area contributed by atoms with Crippen molar-refractivity contribution in [1.82, 2.24) is 13.7 Å². The number of aromatic nitrogens is 3. The van der Waals surface area contributed by atoms with Crippen molar-refractivity contribution >= 4 is 10.9 Å². The Kier molecular flexibility index (Phi) is 5.09. The molecule has 1 aliphatic heterocycles. The van der Waals surface area contributed by atoms with Gasteiger partial charge in [-0.05, 0) is 47.5 Å².